The van der Waals surface area contributed by atoms with Gasteiger partial charge in [0.2, 0.25) is 0 Å². The van der Waals surface area contributed by atoms with Crippen molar-refractivity contribution in [3.8, 4) is 0 Å². The first-order valence-electron chi connectivity index (χ1n) is 6.61. The number of hydrogen-bond donors (Lipinski definition) is 0. The Labute approximate surface area is 123 Å². The van der Waals surface area contributed by atoms with E-state index in [1.54, 1.807) is 6.08 Å². The lowest BCUT2D eigenvalue weighted by molar-refractivity contribution is -0.151. The normalized spacial score (nSPS) is 18.6. The van der Waals surface area contributed by atoms with E-state index >= 15 is 0 Å². The molecule has 0 radical (unpaired) electrons. The summed E-state index contributed by atoms with van der Waals surface area (Å²) in [7, 11) is 0. The second-order valence-corrected chi connectivity index (χ2v) is 5.17. The Bertz CT molecular complexity index is 660. The number of ketones is 2. The molecule has 1 atom stereocenters. The van der Waals surface area contributed by atoms with E-state index in [1.165, 1.54) is 19.1 Å². The van der Waals surface area contributed by atoms with Gasteiger partial charge in [-0.1, -0.05) is 35.4 Å². The van der Waals surface area contributed by atoms with Crippen LogP contribution in [-0.4, -0.2) is 17.5 Å². The predicted molar refractivity (Wildman–Crippen MR) is 78.3 cm³/mol. The van der Waals surface area contributed by atoms with Gasteiger partial charge in [0, 0.05) is 6.08 Å². The van der Waals surface area contributed by atoms with Gasteiger partial charge < -0.3 is 4.74 Å². The van der Waals surface area contributed by atoms with Gasteiger partial charge in [-0.15, -0.1) is 0 Å². The van der Waals surface area contributed by atoms with Gasteiger partial charge in [-0.05, 0) is 32.4 Å². The molecule has 0 fully saturated rings. The first-order valence-corrected chi connectivity index (χ1v) is 6.61. The molecule has 1 aromatic rings. The Morgan fingerprint density at radius 1 is 1.10 bits per heavy atom. The number of rotatable bonds is 3. The number of hydrogen-bond acceptors (Lipinski definition) is 4. The summed E-state index contributed by atoms with van der Waals surface area (Å²) in [5.41, 5.74) is 3.01. The molecule has 1 aromatic carbocycles. The highest BCUT2D eigenvalue weighted by molar-refractivity contribution is 6.25. The van der Waals surface area contributed by atoms with Gasteiger partial charge in [0.15, 0.2) is 17.5 Å². The van der Waals surface area contributed by atoms with E-state index in [0.717, 1.165) is 16.7 Å². The highest BCUT2D eigenvalue weighted by atomic mass is 16.5. The topological polar surface area (TPSA) is 60.4 Å². The fourth-order valence-corrected chi connectivity index (χ4v) is 2.28. The number of benzene rings is 1. The zero-order chi connectivity index (χ0) is 15.6. The van der Waals surface area contributed by atoms with Crippen LogP contribution in [0.5, 0.6) is 0 Å². The second-order valence-electron chi connectivity index (χ2n) is 5.17. The molecule has 0 spiro atoms. The van der Waals surface area contributed by atoms with Gasteiger partial charge in [0.25, 0.3) is 0 Å². The molecule has 4 nitrogen and oxygen atoms in total. The van der Waals surface area contributed by atoms with Crippen LogP contribution >= 0.6 is 0 Å². The molecule has 0 aromatic heterocycles. The lowest BCUT2D eigenvalue weighted by atomic mass is 9.95. The third-order valence-corrected chi connectivity index (χ3v) is 3.10. The van der Waals surface area contributed by atoms with Crippen LogP contribution in [0, 0.1) is 19.8 Å². The van der Waals surface area contributed by atoms with Gasteiger partial charge >= 0.3 is 5.97 Å². The number of carbonyl (C=O) groups is 3. The summed E-state index contributed by atoms with van der Waals surface area (Å²) >= 11 is 0. The summed E-state index contributed by atoms with van der Waals surface area (Å²) in [4.78, 5) is 35.4. The maximum absolute atomic E-state index is 12.0. The summed E-state index contributed by atoms with van der Waals surface area (Å²) in [5.74, 6) is -3.06. The van der Waals surface area contributed by atoms with Gasteiger partial charge in [-0.2, -0.15) is 0 Å². The number of ether oxygens (including phenoxy) is 1. The van der Waals surface area contributed by atoms with E-state index in [4.69, 9.17) is 4.74 Å². The van der Waals surface area contributed by atoms with Gasteiger partial charge in [0.05, 0.1) is 0 Å². The monoisotopic (exact) mass is 284 g/mol. The molecule has 0 bridgehead atoms. The third-order valence-electron chi connectivity index (χ3n) is 3.10. The lowest BCUT2D eigenvalue weighted by Gasteiger charge is -2.15. The van der Waals surface area contributed by atoms with E-state index in [9.17, 15) is 14.4 Å². The molecule has 1 heterocycles. The minimum absolute atomic E-state index is 0.215. The summed E-state index contributed by atoms with van der Waals surface area (Å²) in [6.07, 6.45) is 4.04. The number of carbonyl (C=O) groups excluding carboxylic acids is 3. The van der Waals surface area contributed by atoms with Crippen molar-refractivity contribution >= 4 is 23.6 Å². The third kappa shape index (κ3) is 3.54. The molecule has 108 valence electrons. The van der Waals surface area contributed by atoms with Gasteiger partial charge in [0.1, 0.15) is 5.76 Å². The maximum atomic E-state index is 12.0. The Hall–Kier alpha value is -2.49. The van der Waals surface area contributed by atoms with Crippen LogP contribution in [0.25, 0.3) is 6.08 Å². The van der Waals surface area contributed by atoms with Crippen molar-refractivity contribution < 1.29 is 19.1 Å². The predicted octanol–water partition coefficient (Wildman–Crippen LogP) is 2.53. The minimum Gasteiger partial charge on any atom is -0.430 e. The fraction of sp³-hybridized carbons (Fsp3) is 0.235. The Kier molecular flexibility index (Phi) is 4.17. The largest absolute Gasteiger partial charge is 0.430 e. The van der Waals surface area contributed by atoms with Crippen LogP contribution < -0.4 is 0 Å². The lowest BCUT2D eigenvalue weighted by Crippen LogP contribution is -2.34. The fourth-order valence-electron chi connectivity index (χ4n) is 2.28. The molecule has 1 aliphatic heterocycles. The maximum Gasteiger partial charge on any atom is 0.329 e. The number of aryl methyl sites for hydroxylation is 2. The highest BCUT2D eigenvalue weighted by Gasteiger charge is 2.36. The van der Waals surface area contributed by atoms with Crippen molar-refractivity contribution in [2.24, 2.45) is 5.92 Å². The van der Waals surface area contributed by atoms with Crippen molar-refractivity contribution in [3.05, 3.63) is 52.8 Å². The van der Waals surface area contributed by atoms with Crippen LogP contribution in [-0.2, 0) is 19.1 Å². The van der Waals surface area contributed by atoms with Gasteiger partial charge in [-0.3, -0.25) is 14.4 Å². The minimum atomic E-state index is -1.38. The zero-order valence-electron chi connectivity index (χ0n) is 12.2. The highest BCUT2D eigenvalue weighted by Crippen LogP contribution is 2.17. The second kappa shape index (κ2) is 5.87. The van der Waals surface area contributed by atoms with E-state index in [-0.39, 0.29) is 5.76 Å². The summed E-state index contributed by atoms with van der Waals surface area (Å²) in [6, 6.07) is 5.86. The first-order chi connectivity index (χ1) is 9.86. The van der Waals surface area contributed by atoms with E-state index in [1.807, 2.05) is 32.0 Å². The molecule has 0 saturated heterocycles. The van der Waals surface area contributed by atoms with Crippen molar-refractivity contribution in [1.82, 2.24) is 0 Å². The van der Waals surface area contributed by atoms with Crippen LogP contribution in [0.1, 0.15) is 23.6 Å². The SMILES string of the molecule is CC1=CC(=O)[C@H](C(=O)/C=C\c2cc(C)cc(C)c2)C(=O)O1. The van der Waals surface area contributed by atoms with E-state index in [0.29, 0.717) is 0 Å². The molecule has 1 aliphatic rings. The average Bonchev–Trinajstić information content (AvgIpc) is 2.34. The summed E-state index contributed by atoms with van der Waals surface area (Å²) < 4.78 is 4.83. The molecule has 21 heavy (non-hydrogen) atoms. The Morgan fingerprint density at radius 3 is 2.29 bits per heavy atom. The van der Waals surface area contributed by atoms with Crippen molar-refractivity contribution in [2.45, 2.75) is 20.8 Å². The summed E-state index contributed by atoms with van der Waals surface area (Å²) in [5, 5.41) is 0. The first kappa shape index (κ1) is 14.9. The molecule has 0 aliphatic carbocycles. The Morgan fingerprint density at radius 2 is 1.71 bits per heavy atom. The van der Waals surface area contributed by atoms with Gasteiger partial charge in [-0.25, -0.2) is 0 Å². The average molecular weight is 284 g/mol. The molecule has 0 unspecified atom stereocenters. The Balaban J connectivity index is 2.19. The number of esters is 1. The van der Waals surface area contributed by atoms with Crippen LogP contribution in [0.15, 0.2) is 36.1 Å². The molecule has 0 amide bonds. The van der Waals surface area contributed by atoms with Crippen molar-refractivity contribution in [1.29, 1.82) is 0 Å². The van der Waals surface area contributed by atoms with Crippen LogP contribution in [0.3, 0.4) is 0 Å². The van der Waals surface area contributed by atoms with Crippen LogP contribution in [0.2, 0.25) is 0 Å². The number of allylic oxidation sites excluding steroid dienone is 3. The van der Waals surface area contributed by atoms with E-state index in [2.05, 4.69) is 0 Å². The van der Waals surface area contributed by atoms with E-state index < -0.39 is 23.5 Å². The van der Waals surface area contributed by atoms with Crippen LogP contribution in [0.4, 0.5) is 0 Å². The quantitative estimate of drug-likeness (QED) is 0.486. The van der Waals surface area contributed by atoms with Crippen molar-refractivity contribution in [2.75, 3.05) is 0 Å². The molecular weight excluding hydrogens is 268 g/mol. The standard InChI is InChI=1S/C17H16O4/c1-10-6-11(2)8-13(7-10)4-5-14(18)16-15(19)9-12(3)21-17(16)20/h4-9,16H,1-3H3/b5-4-/t16-/m0/s1. The molecule has 2 rings (SSSR count). The smallest absolute Gasteiger partial charge is 0.329 e. The number of cyclic esters (lactones) is 1. The summed E-state index contributed by atoms with van der Waals surface area (Å²) in [6.45, 7) is 5.42. The molecule has 4 heteroatoms. The van der Waals surface area contributed by atoms with Crippen molar-refractivity contribution in [3.63, 3.8) is 0 Å². The molecule has 0 N–H and O–H groups in total. The molecule has 0 saturated carbocycles. The molecular formula is C17H16O4. The zero-order valence-corrected chi connectivity index (χ0v) is 12.2.